The zero-order chi connectivity index (χ0) is 13.7. The molecule has 0 aliphatic rings. The van der Waals surface area contributed by atoms with E-state index >= 15 is 0 Å². The standard InChI is InChI=1S/C15H15ClN2O/c1-11-2-3-12(10-14(11)16)4-5-15(19)18-13-6-8-17-9-7-13/h2-3,6-10H,4-5H2,1H3,(H,17,18,19). The van der Waals surface area contributed by atoms with Gasteiger partial charge in [-0.2, -0.15) is 0 Å². The average molecular weight is 275 g/mol. The van der Waals surface area contributed by atoms with Gasteiger partial charge in [0, 0.05) is 29.5 Å². The van der Waals surface area contributed by atoms with Gasteiger partial charge in [0.05, 0.1) is 0 Å². The number of nitrogens with one attached hydrogen (secondary N) is 1. The molecule has 1 amide bonds. The number of nitrogens with zero attached hydrogens (tertiary/aromatic N) is 1. The predicted molar refractivity (Wildman–Crippen MR) is 77.4 cm³/mol. The molecule has 1 N–H and O–H groups in total. The number of aromatic nitrogens is 1. The normalized spacial score (nSPS) is 10.2. The Hall–Kier alpha value is -1.87. The zero-order valence-electron chi connectivity index (χ0n) is 10.7. The second-order valence-corrected chi connectivity index (χ2v) is 4.77. The molecule has 2 rings (SSSR count). The van der Waals surface area contributed by atoms with Gasteiger partial charge in [-0.1, -0.05) is 23.7 Å². The first-order chi connectivity index (χ1) is 9.15. The van der Waals surface area contributed by atoms with Gasteiger partial charge in [0.2, 0.25) is 5.91 Å². The van der Waals surface area contributed by atoms with Gasteiger partial charge in [0.25, 0.3) is 0 Å². The van der Waals surface area contributed by atoms with E-state index in [9.17, 15) is 4.79 Å². The fourth-order valence-corrected chi connectivity index (χ4v) is 1.91. The van der Waals surface area contributed by atoms with Gasteiger partial charge in [-0.25, -0.2) is 0 Å². The first-order valence-corrected chi connectivity index (χ1v) is 6.48. The number of halogens is 1. The van der Waals surface area contributed by atoms with E-state index in [1.165, 1.54) is 0 Å². The summed E-state index contributed by atoms with van der Waals surface area (Å²) in [5.74, 6) is -0.0112. The van der Waals surface area contributed by atoms with Crippen LogP contribution in [0.3, 0.4) is 0 Å². The van der Waals surface area contributed by atoms with Crippen molar-refractivity contribution in [3.8, 4) is 0 Å². The summed E-state index contributed by atoms with van der Waals surface area (Å²) in [5.41, 5.74) is 2.88. The van der Waals surface area contributed by atoms with Crippen LogP contribution in [0.15, 0.2) is 42.7 Å². The molecule has 1 heterocycles. The largest absolute Gasteiger partial charge is 0.326 e. The van der Waals surface area contributed by atoms with Crippen molar-refractivity contribution in [2.75, 3.05) is 5.32 Å². The highest BCUT2D eigenvalue weighted by molar-refractivity contribution is 6.31. The van der Waals surface area contributed by atoms with Gasteiger partial charge in [0.15, 0.2) is 0 Å². The Labute approximate surface area is 117 Å². The summed E-state index contributed by atoms with van der Waals surface area (Å²) < 4.78 is 0. The van der Waals surface area contributed by atoms with E-state index < -0.39 is 0 Å². The summed E-state index contributed by atoms with van der Waals surface area (Å²) in [5, 5.41) is 3.57. The van der Waals surface area contributed by atoms with Crippen LogP contribution in [0.4, 0.5) is 5.69 Å². The van der Waals surface area contributed by atoms with E-state index in [2.05, 4.69) is 10.3 Å². The molecule has 19 heavy (non-hydrogen) atoms. The molecule has 0 saturated carbocycles. The molecule has 3 nitrogen and oxygen atoms in total. The summed E-state index contributed by atoms with van der Waals surface area (Å²) in [7, 11) is 0. The number of pyridine rings is 1. The fraction of sp³-hybridized carbons (Fsp3) is 0.200. The third kappa shape index (κ3) is 4.07. The Balaban J connectivity index is 1.88. The minimum absolute atomic E-state index is 0.0112. The van der Waals surface area contributed by atoms with E-state index in [0.29, 0.717) is 12.8 Å². The molecule has 0 atom stereocenters. The van der Waals surface area contributed by atoms with Gasteiger partial charge in [-0.05, 0) is 42.7 Å². The maximum absolute atomic E-state index is 11.8. The minimum Gasteiger partial charge on any atom is -0.326 e. The quantitative estimate of drug-likeness (QED) is 0.925. The van der Waals surface area contributed by atoms with Crippen LogP contribution in [0, 0.1) is 6.92 Å². The van der Waals surface area contributed by atoms with Gasteiger partial charge >= 0.3 is 0 Å². The number of carbonyl (C=O) groups excluding carboxylic acids is 1. The number of hydrogen-bond acceptors (Lipinski definition) is 2. The number of hydrogen-bond donors (Lipinski definition) is 1. The number of carbonyl (C=O) groups is 1. The first kappa shape index (κ1) is 13.6. The summed E-state index contributed by atoms with van der Waals surface area (Å²) in [6, 6.07) is 9.41. The maximum Gasteiger partial charge on any atom is 0.224 e. The highest BCUT2D eigenvalue weighted by Crippen LogP contribution is 2.17. The molecule has 0 spiro atoms. The number of amides is 1. The lowest BCUT2D eigenvalue weighted by Crippen LogP contribution is -2.12. The van der Waals surface area contributed by atoms with Crippen LogP contribution in [0.5, 0.6) is 0 Å². The molecule has 0 bridgehead atoms. The SMILES string of the molecule is Cc1ccc(CCC(=O)Nc2ccncc2)cc1Cl. The Morgan fingerprint density at radius 2 is 2.00 bits per heavy atom. The third-order valence-electron chi connectivity index (χ3n) is 2.84. The van der Waals surface area contributed by atoms with Crippen molar-refractivity contribution in [2.24, 2.45) is 0 Å². The lowest BCUT2D eigenvalue weighted by Gasteiger charge is -2.06. The monoisotopic (exact) mass is 274 g/mol. The molecule has 0 saturated heterocycles. The highest BCUT2D eigenvalue weighted by atomic mass is 35.5. The molecule has 2 aromatic rings. The summed E-state index contributed by atoms with van der Waals surface area (Å²) >= 11 is 6.05. The Morgan fingerprint density at radius 3 is 2.68 bits per heavy atom. The molecule has 1 aromatic carbocycles. The van der Waals surface area contributed by atoms with E-state index in [4.69, 9.17) is 11.6 Å². The second kappa shape index (κ2) is 6.34. The first-order valence-electron chi connectivity index (χ1n) is 6.10. The van der Waals surface area contributed by atoms with Crippen LogP contribution in [0.25, 0.3) is 0 Å². The minimum atomic E-state index is -0.0112. The van der Waals surface area contributed by atoms with E-state index in [1.54, 1.807) is 24.5 Å². The van der Waals surface area contributed by atoms with Crippen molar-refractivity contribution in [2.45, 2.75) is 19.8 Å². The van der Waals surface area contributed by atoms with E-state index in [1.807, 2.05) is 25.1 Å². The van der Waals surface area contributed by atoms with Crippen LogP contribution in [0.2, 0.25) is 5.02 Å². The van der Waals surface area contributed by atoms with Crippen molar-refractivity contribution in [1.82, 2.24) is 4.98 Å². The predicted octanol–water partition coefficient (Wildman–Crippen LogP) is 3.61. The van der Waals surface area contributed by atoms with Crippen molar-refractivity contribution in [1.29, 1.82) is 0 Å². The van der Waals surface area contributed by atoms with E-state index in [-0.39, 0.29) is 5.91 Å². The van der Waals surface area contributed by atoms with Crippen LogP contribution < -0.4 is 5.32 Å². The Bertz CT molecular complexity index is 570. The lowest BCUT2D eigenvalue weighted by atomic mass is 10.1. The molecule has 98 valence electrons. The van der Waals surface area contributed by atoms with Gasteiger partial charge in [-0.3, -0.25) is 9.78 Å². The van der Waals surface area contributed by atoms with Crippen molar-refractivity contribution in [3.63, 3.8) is 0 Å². The zero-order valence-corrected chi connectivity index (χ0v) is 11.4. The second-order valence-electron chi connectivity index (χ2n) is 4.37. The van der Waals surface area contributed by atoms with Gasteiger partial charge < -0.3 is 5.32 Å². The van der Waals surface area contributed by atoms with Gasteiger partial charge in [-0.15, -0.1) is 0 Å². The summed E-state index contributed by atoms with van der Waals surface area (Å²) in [6.45, 7) is 1.96. The molecule has 0 fully saturated rings. The molecule has 4 heteroatoms. The molecule has 0 unspecified atom stereocenters. The van der Waals surface area contributed by atoms with Crippen LogP contribution in [-0.2, 0) is 11.2 Å². The van der Waals surface area contributed by atoms with E-state index in [0.717, 1.165) is 21.8 Å². The Kier molecular flexibility index (Phi) is 4.53. The summed E-state index contributed by atoms with van der Waals surface area (Å²) in [4.78, 5) is 15.7. The Morgan fingerprint density at radius 1 is 1.26 bits per heavy atom. The number of rotatable bonds is 4. The molecule has 0 aliphatic carbocycles. The lowest BCUT2D eigenvalue weighted by molar-refractivity contribution is -0.116. The van der Waals surface area contributed by atoms with Crippen molar-refractivity contribution < 1.29 is 4.79 Å². The number of aryl methyl sites for hydroxylation is 2. The van der Waals surface area contributed by atoms with Crippen LogP contribution in [0.1, 0.15) is 17.5 Å². The average Bonchev–Trinajstić information content (AvgIpc) is 2.41. The third-order valence-corrected chi connectivity index (χ3v) is 3.25. The maximum atomic E-state index is 11.8. The number of anilines is 1. The highest BCUT2D eigenvalue weighted by Gasteiger charge is 2.04. The molecule has 0 aliphatic heterocycles. The van der Waals surface area contributed by atoms with Crippen molar-refractivity contribution >= 4 is 23.2 Å². The topological polar surface area (TPSA) is 42.0 Å². The van der Waals surface area contributed by atoms with Crippen LogP contribution in [-0.4, -0.2) is 10.9 Å². The van der Waals surface area contributed by atoms with Crippen molar-refractivity contribution in [3.05, 3.63) is 58.9 Å². The smallest absolute Gasteiger partial charge is 0.224 e. The molecule has 1 aromatic heterocycles. The van der Waals surface area contributed by atoms with Gasteiger partial charge in [0.1, 0.15) is 0 Å². The molecular formula is C15H15ClN2O. The molecule has 0 radical (unpaired) electrons. The van der Waals surface area contributed by atoms with Crippen LogP contribution >= 0.6 is 11.6 Å². The number of benzene rings is 1. The summed E-state index contributed by atoms with van der Waals surface area (Å²) in [6.07, 6.45) is 4.41. The molecular weight excluding hydrogens is 260 g/mol. The fourth-order valence-electron chi connectivity index (χ4n) is 1.71.